The minimum Gasteiger partial charge on any atom is -0.496 e. The average Bonchev–Trinajstić information content (AvgIpc) is 3.34. The van der Waals surface area contributed by atoms with Crippen molar-refractivity contribution in [2.24, 2.45) is 0 Å². The van der Waals surface area contributed by atoms with Gasteiger partial charge in [0.1, 0.15) is 23.7 Å². The van der Waals surface area contributed by atoms with E-state index < -0.39 is 0 Å². The van der Waals surface area contributed by atoms with E-state index in [1.807, 2.05) is 12.1 Å². The lowest BCUT2D eigenvalue weighted by Crippen LogP contribution is -2.23. The Bertz CT molecular complexity index is 699. The molecule has 0 spiro atoms. The van der Waals surface area contributed by atoms with Gasteiger partial charge in [0.2, 0.25) is 0 Å². The SMILES string of the molecule is COc1ccccc1C1CCN(c2cc(N3CCCC3)ncn2)C1. The topological polar surface area (TPSA) is 41.5 Å². The maximum absolute atomic E-state index is 5.53. The number of hydrogen-bond donors (Lipinski definition) is 0. The summed E-state index contributed by atoms with van der Waals surface area (Å²) in [5, 5.41) is 0. The molecule has 0 aliphatic carbocycles. The molecule has 2 fully saturated rings. The van der Waals surface area contributed by atoms with Gasteiger partial charge < -0.3 is 14.5 Å². The molecule has 0 N–H and O–H groups in total. The van der Waals surface area contributed by atoms with Crippen molar-refractivity contribution in [3.8, 4) is 5.75 Å². The first-order chi connectivity index (χ1) is 11.8. The molecule has 5 nitrogen and oxygen atoms in total. The Balaban J connectivity index is 1.51. The van der Waals surface area contributed by atoms with Crippen LogP contribution in [0.3, 0.4) is 0 Å². The molecule has 1 unspecified atom stereocenters. The molecule has 4 rings (SSSR count). The molecule has 5 heteroatoms. The van der Waals surface area contributed by atoms with Gasteiger partial charge in [0.15, 0.2) is 0 Å². The zero-order chi connectivity index (χ0) is 16.4. The number of nitrogens with zero attached hydrogens (tertiary/aromatic N) is 4. The number of ether oxygens (including phenoxy) is 1. The fourth-order valence-electron chi connectivity index (χ4n) is 3.86. The molecule has 1 atom stereocenters. The summed E-state index contributed by atoms with van der Waals surface area (Å²) in [5.74, 6) is 3.60. The highest BCUT2D eigenvalue weighted by molar-refractivity contribution is 5.52. The Labute approximate surface area is 143 Å². The first-order valence-corrected chi connectivity index (χ1v) is 8.80. The van der Waals surface area contributed by atoms with Crippen LogP contribution in [-0.4, -0.2) is 43.3 Å². The summed E-state index contributed by atoms with van der Waals surface area (Å²) in [6.07, 6.45) is 5.36. The third-order valence-corrected chi connectivity index (χ3v) is 5.16. The first-order valence-electron chi connectivity index (χ1n) is 8.80. The molecule has 0 bridgehead atoms. The van der Waals surface area contributed by atoms with Gasteiger partial charge in [-0.2, -0.15) is 0 Å². The third-order valence-electron chi connectivity index (χ3n) is 5.16. The van der Waals surface area contributed by atoms with E-state index in [0.717, 1.165) is 50.0 Å². The maximum Gasteiger partial charge on any atom is 0.134 e. The van der Waals surface area contributed by atoms with Crippen LogP contribution in [0, 0.1) is 0 Å². The van der Waals surface area contributed by atoms with E-state index >= 15 is 0 Å². The third kappa shape index (κ3) is 2.90. The minimum atomic E-state index is 0.492. The molecule has 2 aromatic rings. The van der Waals surface area contributed by atoms with Crippen LogP contribution in [0.15, 0.2) is 36.7 Å². The second-order valence-corrected chi connectivity index (χ2v) is 6.60. The molecular formula is C19H24N4O. The van der Waals surface area contributed by atoms with Crippen molar-refractivity contribution < 1.29 is 4.74 Å². The van der Waals surface area contributed by atoms with Gasteiger partial charge in [-0.05, 0) is 30.9 Å². The van der Waals surface area contributed by atoms with Crippen molar-refractivity contribution in [2.45, 2.75) is 25.2 Å². The summed E-state index contributed by atoms with van der Waals surface area (Å²) in [6.45, 7) is 4.23. The van der Waals surface area contributed by atoms with Gasteiger partial charge in [0.05, 0.1) is 7.11 Å². The number of benzene rings is 1. The van der Waals surface area contributed by atoms with Crippen LogP contribution < -0.4 is 14.5 Å². The van der Waals surface area contributed by atoms with Crippen molar-refractivity contribution >= 4 is 11.6 Å². The van der Waals surface area contributed by atoms with Crippen LogP contribution >= 0.6 is 0 Å². The lowest BCUT2D eigenvalue weighted by atomic mass is 9.97. The van der Waals surface area contributed by atoms with E-state index in [0.29, 0.717) is 5.92 Å². The van der Waals surface area contributed by atoms with E-state index in [2.05, 4.69) is 38.0 Å². The number of aromatic nitrogens is 2. The average molecular weight is 324 g/mol. The number of para-hydroxylation sites is 1. The molecule has 126 valence electrons. The van der Waals surface area contributed by atoms with Gasteiger partial charge in [0, 0.05) is 38.2 Å². The van der Waals surface area contributed by atoms with Crippen molar-refractivity contribution in [1.29, 1.82) is 0 Å². The van der Waals surface area contributed by atoms with Crippen LogP contribution in [0.25, 0.3) is 0 Å². The summed E-state index contributed by atoms with van der Waals surface area (Å²) in [4.78, 5) is 13.7. The van der Waals surface area contributed by atoms with Gasteiger partial charge in [-0.3, -0.25) is 0 Å². The van der Waals surface area contributed by atoms with Gasteiger partial charge in [-0.15, -0.1) is 0 Å². The summed E-state index contributed by atoms with van der Waals surface area (Å²) < 4.78 is 5.53. The lowest BCUT2D eigenvalue weighted by molar-refractivity contribution is 0.406. The highest BCUT2D eigenvalue weighted by Gasteiger charge is 2.27. The molecule has 2 saturated heterocycles. The Morgan fingerprint density at radius 3 is 2.54 bits per heavy atom. The number of methoxy groups -OCH3 is 1. The second-order valence-electron chi connectivity index (χ2n) is 6.60. The van der Waals surface area contributed by atoms with Crippen LogP contribution in [0.4, 0.5) is 11.6 Å². The lowest BCUT2D eigenvalue weighted by Gasteiger charge is -2.21. The van der Waals surface area contributed by atoms with Crippen LogP contribution in [0.5, 0.6) is 5.75 Å². The van der Waals surface area contributed by atoms with Gasteiger partial charge in [-0.25, -0.2) is 9.97 Å². The van der Waals surface area contributed by atoms with E-state index in [4.69, 9.17) is 4.74 Å². The molecule has 24 heavy (non-hydrogen) atoms. The van der Waals surface area contributed by atoms with Gasteiger partial charge in [0.25, 0.3) is 0 Å². The number of hydrogen-bond acceptors (Lipinski definition) is 5. The summed E-state index contributed by atoms with van der Waals surface area (Å²) in [6, 6.07) is 10.5. The highest BCUT2D eigenvalue weighted by atomic mass is 16.5. The second kappa shape index (κ2) is 6.67. The van der Waals surface area contributed by atoms with Crippen molar-refractivity contribution in [1.82, 2.24) is 9.97 Å². The Hall–Kier alpha value is -2.30. The molecule has 0 radical (unpaired) electrons. The zero-order valence-electron chi connectivity index (χ0n) is 14.2. The summed E-state index contributed by atoms with van der Waals surface area (Å²) >= 11 is 0. The number of anilines is 2. The smallest absolute Gasteiger partial charge is 0.134 e. The fraction of sp³-hybridized carbons (Fsp3) is 0.474. The van der Waals surface area contributed by atoms with Crippen LogP contribution in [0.2, 0.25) is 0 Å². The van der Waals surface area contributed by atoms with Crippen molar-refractivity contribution in [3.63, 3.8) is 0 Å². The van der Waals surface area contributed by atoms with E-state index in [1.54, 1.807) is 13.4 Å². The molecule has 0 saturated carbocycles. The molecule has 3 heterocycles. The van der Waals surface area contributed by atoms with Crippen LogP contribution in [-0.2, 0) is 0 Å². The molecule has 2 aliphatic rings. The Kier molecular flexibility index (Phi) is 4.24. The summed E-state index contributed by atoms with van der Waals surface area (Å²) in [5.41, 5.74) is 1.30. The first kappa shape index (κ1) is 15.2. The van der Waals surface area contributed by atoms with Crippen molar-refractivity contribution in [3.05, 3.63) is 42.2 Å². The maximum atomic E-state index is 5.53. The van der Waals surface area contributed by atoms with Gasteiger partial charge in [-0.1, -0.05) is 18.2 Å². The highest BCUT2D eigenvalue weighted by Crippen LogP contribution is 2.35. The Morgan fingerprint density at radius 1 is 1.00 bits per heavy atom. The molecule has 0 amide bonds. The van der Waals surface area contributed by atoms with Gasteiger partial charge >= 0.3 is 0 Å². The fourth-order valence-corrected chi connectivity index (χ4v) is 3.86. The molecule has 1 aromatic carbocycles. The van der Waals surface area contributed by atoms with Crippen molar-refractivity contribution in [2.75, 3.05) is 43.1 Å². The van der Waals surface area contributed by atoms with E-state index in [9.17, 15) is 0 Å². The predicted octanol–water partition coefficient (Wildman–Crippen LogP) is 3.08. The predicted molar refractivity (Wildman–Crippen MR) is 96.0 cm³/mol. The van der Waals surface area contributed by atoms with E-state index in [-0.39, 0.29) is 0 Å². The summed E-state index contributed by atoms with van der Waals surface area (Å²) in [7, 11) is 1.75. The normalized spacial score (nSPS) is 20.6. The molecular weight excluding hydrogens is 300 g/mol. The quantitative estimate of drug-likeness (QED) is 0.864. The Morgan fingerprint density at radius 2 is 1.75 bits per heavy atom. The zero-order valence-corrected chi connectivity index (χ0v) is 14.2. The molecule has 2 aliphatic heterocycles. The van der Waals surface area contributed by atoms with E-state index in [1.165, 1.54) is 18.4 Å². The minimum absolute atomic E-state index is 0.492. The molecule has 1 aromatic heterocycles. The standard InChI is InChI=1S/C19H24N4O/c1-24-17-7-3-2-6-16(17)15-8-11-23(13-15)19-12-18(20-14-21-19)22-9-4-5-10-22/h2-3,6-7,12,14-15H,4-5,8-11,13H2,1H3. The number of rotatable bonds is 4. The van der Waals surface area contributed by atoms with Crippen LogP contribution in [0.1, 0.15) is 30.7 Å². The largest absolute Gasteiger partial charge is 0.496 e. The monoisotopic (exact) mass is 324 g/mol.